The van der Waals surface area contributed by atoms with Crippen LogP contribution in [0, 0.1) is 12.8 Å². The molecule has 8 heteroatoms. The van der Waals surface area contributed by atoms with Gasteiger partial charge in [-0.3, -0.25) is 19.7 Å². The molecule has 1 aliphatic rings. The van der Waals surface area contributed by atoms with Gasteiger partial charge in [0, 0.05) is 44.9 Å². The number of carbonyl (C=O) groups excluding carboxylic acids is 1. The first-order valence-corrected chi connectivity index (χ1v) is 9.47. The molecule has 0 aromatic carbocycles. The Morgan fingerprint density at radius 3 is 2.46 bits per heavy atom. The third-order valence-corrected chi connectivity index (χ3v) is 5.40. The zero-order valence-corrected chi connectivity index (χ0v) is 16.1. The fraction of sp³-hybridized carbons (Fsp3) is 0.400. The maximum Gasteiger partial charge on any atom is 0.274 e. The number of nitrogens with zero attached hydrogens (tertiary/aromatic N) is 7. The van der Waals surface area contributed by atoms with E-state index < -0.39 is 0 Å². The average Bonchev–Trinajstić information content (AvgIpc) is 3.07. The second-order valence-electron chi connectivity index (χ2n) is 7.13. The second-order valence-corrected chi connectivity index (χ2v) is 7.13. The molecule has 0 unspecified atom stereocenters. The highest BCUT2D eigenvalue weighted by molar-refractivity contribution is 5.92. The van der Waals surface area contributed by atoms with Crippen LogP contribution in [-0.2, 0) is 13.5 Å². The van der Waals surface area contributed by atoms with Crippen molar-refractivity contribution in [2.75, 3.05) is 13.1 Å². The number of aromatic nitrogens is 6. The highest BCUT2D eigenvalue weighted by atomic mass is 16.2. The van der Waals surface area contributed by atoms with Gasteiger partial charge >= 0.3 is 0 Å². The van der Waals surface area contributed by atoms with Crippen molar-refractivity contribution in [3.63, 3.8) is 0 Å². The average molecular weight is 377 g/mol. The number of likely N-dealkylation sites (tertiary alicyclic amines) is 1. The Morgan fingerprint density at radius 2 is 1.79 bits per heavy atom. The van der Waals surface area contributed by atoms with Crippen LogP contribution in [0.2, 0.25) is 0 Å². The highest BCUT2D eigenvalue weighted by Gasteiger charge is 2.26. The van der Waals surface area contributed by atoms with E-state index in [-0.39, 0.29) is 5.91 Å². The van der Waals surface area contributed by atoms with Crippen LogP contribution in [-0.4, -0.2) is 53.4 Å². The van der Waals surface area contributed by atoms with E-state index >= 15 is 0 Å². The molecule has 28 heavy (non-hydrogen) atoms. The standard InChI is InChI=1S/C20H23N7O/c1-14-25-13-18(26(14)2)19-16(22-7-8-24-19)11-15-3-9-27(10-4-15)20(28)17-12-21-5-6-23-17/h5-8,12-13,15H,3-4,9-11H2,1-2H3. The number of hydrogen-bond acceptors (Lipinski definition) is 6. The summed E-state index contributed by atoms with van der Waals surface area (Å²) in [5.74, 6) is 1.37. The molecule has 1 amide bonds. The van der Waals surface area contributed by atoms with Gasteiger partial charge in [0.05, 0.1) is 23.8 Å². The van der Waals surface area contributed by atoms with E-state index in [9.17, 15) is 4.79 Å². The summed E-state index contributed by atoms with van der Waals surface area (Å²) in [6.45, 7) is 3.42. The van der Waals surface area contributed by atoms with Crippen LogP contribution in [0.1, 0.15) is 34.8 Å². The minimum atomic E-state index is -0.0444. The van der Waals surface area contributed by atoms with E-state index in [2.05, 4.69) is 24.9 Å². The molecule has 1 fully saturated rings. The van der Waals surface area contributed by atoms with E-state index in [0.717, 1.165) is 55.3 Å². The summed E-state index contributed by atoms with van der Waals surface area (Å²) in [4.78, 5) is 36.0. The number of carbonyl (C=O) groups is 1. The van der Waals surface area contributed by atoms with E-state index in [1.807, 2.05) is 29.6 Å². The van der Waals surface area contributed by atoms with Gasteiger partial charge in [-0.1, -0.05) is 0 Å². The van der Waals surface area contributed by atoms with Crippen molar-refractivity contribution < 1.29 is 4.79 Å². The van der Waals surface area contributed by atoms with Gasteiger partial charge in [0.25, 0.3) is 5.91 Å². The molecule has 1 saturated heterocycles. The molecule has 1 aliphatic heterocycles. The Bertz CT molecular complexity index is 962. The maximum absolute atomic E-state index is 12.5. The zero-order chi connectivity index (χ0) is 19.5. The van der Waals surface area contributed by atoms with Crippen molar-refractivity contribution >= 4 is 5.91 Å². The quantitative estimate of drug-likeness (QED) is 0.691. The third kappa shape index (κ3) is 3.62. The fourth-order valence-electron chi connectivity index (χ4n) is 3.64. The van der Waals surface area contributed by atoms with Crippen LogP contribution in [0.15, 0.2) is 37.2 Å². The smallest absolute Gasteiger partial charge is 0.274 e. The molecule has 4 rings (SSSR count). The highest BCUT2D eigenvalue weighted by Crippen LogP contribution is 2.26. The SMILES string of the molecule is Cc1ncc(-c2nccnc2CC2CCN(C(=O)c3cnccn3)CC2)n1C. The summed E-state index contributed by atoms with van der Waals surface area (Å²) in [5, 5.41) is 0. The Hall–Kier alpha value is -3.16. The second kappa shape index (κ2) is 7.84. The van der Waals surface area contributed by atoms with E-state index in [1.54, 1.807) is 24.8 Å². The van der Waals surface area contributed by atoms with Crippen LogP contribution in [0.25, 0.3) is 11.4 Å². The van der Waals surface area contributed by atoms with Crippen molar-refractivity contribution in [1.82, 2.24) is 34.4 Å². The largest absolute Gasteiger partial charge is 0.337 e. The molecule has 3 aromatic heterocycles. The Labute approximate surface area is 163 Å². The van der Waals surface area contributed by atoms with Crippen LogP contribution in [0.3, 0.4) is 0 Å². The first-order chi connectivity index (χ1) is 13.6. The van der Waals surface area contributed by atoms with Crippen LogP contribution in [0.5, 0.6) is 0 Å². The van der Waals surface area contributed by atoms with Gasteiger partial charge < -0.3 is 9.47 Å². The lowest BCUT2D eigenvalue weighted by molar-refractivity contribution is 0.0683. The predicted octanol–water partition coefficient (Wildman–Crippen LogP) is 2.07. The first kappa shape index (κ1) is 18.2. The minimum absolute atomic E-state index is 0.0444. The maximum atomic E-state index is 12.5. The molecule has 0 radical (unpaired) electrons. The first-order valence-electron chi connectivity index (χ1n) is 9.47. The third-order valence-electron chi connectivity index (χ3n) is 5.40. The summed E-state index contributed by atoms with van der Waals surface area (Å²) in [6, 6.07) is 0. The van der Waals surface area contributed by atoms with Gasteiger partial charge in [-0.15, -0.1) is 0 Å². The number of imidazole rings is 1. The molecule has 0 spiro atoms. The fourth-order valence-corrected chi connectivity index (χ4v) is 3.64. The van der Waals surface area contributed by atoms with Crippen molar-refractivity contribution in [3.05, 3.63) is 54.4 Å². The lowest BCUT2D eigenvalue weighted by Gasteiger charge is -2.31. The number of piperidine rings is 1. The number of amides is 1. The van der Waals surface area contributed by atoms with Crippen LogP contribution >= 0.6 is 0 Å². The van der Waals surface area contributed by atoms with E-state index in [4.69, 9.17) is 0 Å². The summed E-state index contributed by atoms with van der Waals surface area (Å²) in [7, 11) is 1.99. The molecular weight excluding hydrogens is 354 g/mol. The van der Waals surface area contributed by atoms with Gasteiger partial charge in [-0.05, 0) is 32.1 Å². The lowest BCUT2D eigenvalue weighted by Crippen LogP contribution is -2.39. The van der Waals surface area contributed by atoms with Gasteiger partial charge in [-0.2, -0.15) is 0 Å². The molecule has 144 valence electrons. The Kier molecular flexibility index (Phi) is 5.10. The topological polar surface area (TPSA) is 89.7 Å². The van der Waals surface area contributed by atoms with Crippen LogP contribution < -0.4 is 0 Å². The summed E-state index contributed by atoms with van der Waals surface area (Å²) in [5.41, 5.74) is 3.27. The zero-order valence-electron chi connectivity index (χ0n) is 16.1. The molecule has 0 bridgehead atoms. The Balaban J connectivity index is 1.43. The monoisotopic (exact) mass is 377 g/mol. The van der Waals surface area contributed by atoms with Crippen molar-refractivity contribution in [1.29, 1.82) is 0 Å². The molecule has 3 aromatic rings. The minimum Gasteiger partial charge on any atom is -0.337 e. The molecule has 0 N–H and O–H groups in total. The Morgan fingerprint density at radius 1 is 1.04 bits per heavy atom. The van der Waals surface area contributed by atoms with Crippen molar-refractivity contribution in [2.24, 2.45) is 13.0 Å². The van der Waals surface area contributed by atoms with E-state index in [1.165, 1.54) is 6.20 Å². The molecule has 0 atom stereocenters. The van der Waals surface area contributed by atoms with Gasteiger partial charge in [0.15, 0.2) is 0 Å². The predicted molar refractivity (Wildman–Crippen MR) is 103 cm³/mol. The summed E-state index contributed by atoms with van der Waals surface area (Å²) < 4.78 is 2.04. The number of hydrogen-bond donors (Lipinski definition) is 0. The lowest BCUT2D eigenvalue weighted by atomic mass is 9.91. The molecule has 0 saturated carbocycles. The molecular formula is C20H23N7O. The van der Waals surface area contributed by atoms with Crippen LogP contribution in [0.4, 0.5) is 0 Å². The van der Waals surface area contributed by atoms with Crippen molar-refractivity contribution in [3.8, 4) is 11.4 Å². The van der Waals surface area contributed by atoms with Gasteiger partial charge in [-0.25, -0.2) is 9.97 Å². The van der Waals surface area contributed by atoms with Gasteiger partial charge in [0.1, 0.15) is 17.2 Å². The summed E-state index contributed by atoms with van der Waals surface area (Å²) >= 11 is 0. The normalized spacial score (nSPS) is 15.0. The number of rotatable bonds is 4. The van der Waals surface area contributed by atoms with E-state index in [0.29, 0.717) is 11.6 Å². The molecule has 8 nitrogen and oxygen atoms in total. The number of aryl methyl sites for hydroxylation is 1. The molecule has 4 heterocycles. The molecule has 0 aliphatic carbocycles. The van der Waals surface area contributed by atoms with Gasteiger partial charge in [0.2, 0.25) is 0 Å². The van der Waals surface area contributed by atoms with Crippen molar-refractivity contribution in [2.45, 2.75) is 26.2 Å². The summed E-state index contributed by atoms with van der Waals surface area (Å²) in [6.07, 6.45) is 12.7.